The number of ether oxygens (including phenoxy) is 1. The van der Waals surface area contributed by atoms with Crippen LogP contribution in [0.25, 0.3) is 5.57 Å². The quantitative estimate of drug-likeness (QED) is 0.247. The van der Waals surface area contributed by atoms with Crippen LogP contribution < -0.4 is 24.8 Å². The molecule has 12 heteroatoms. The molecule has 1 fully saturated rings. The maximum Gasteiger partial charge on any atom is 0.365 e. The molecule has 3 aromatic rings. The Kier molecular flexibility index (Phi) is 7.07. The number of hydrogen-bond donors (Lipinski definition) is 1. The third-order valence-corrected chi connectivity index (χ3v) is 11.5. The predicted octanol–water partition coefficient (Wildman–Crippen LogP) is 4.35. The first-order valence-corrected chi connectivity index (χ1v) is 17.7. The highest BCUT2D eigenvalue weighted by molar-refractivity contribution is 6.40. The first kappa shape index (κ1) is 30.6. The number of amides is 2. The van der Waals surface area contributed by atoms with Crippen molar-refractivity contribution in [2.75, 3.05) is 31.1 Å². The lowest BCUT2D eigenvalue weighted by Crippen LogP contribution is -2.45. The lowest BCUT2D eigenvalue weighted by molar-refractivity contribution is -0.172. The summed E-state index contributed by atoms with van der Waals surface area (Å²) in [5.41, 5.74) is 6.66. The van der Waals surface area contributed by atoms with E-state index in [2.05, 4.69) is 21.6 Å². The van der Waals surface area contributed by atoms with Crippen molar-refractivity contribution in [1.29, 1.82) is 0 Å². The smallest absolute Gasteiger partial charge is 0.365 e. The van der Waals surface area contributed by atoms with Gasteiger partial charge in [-0.1, -0.05) is 23.2 Å². The van der Waals surface area contributed by atoms with Gasteiger partial charge in [0.05, 0.1) is 26.7 Å². The molecule has 6 aliphatic rings. The summed E-state index contributed by atoms with van der Waals surface area (Å²) < 4.78 is 9.50. The van der Waals surface area contributed by atoms with E-state index >= 15 is 0 Å². The number of hydrogen-bond acceptors (Lipinski definition) is 7. The normalized spacial score (nSPS) is 18.8. The summed E-state index contributed by atoms with van der Waals surface area (Å²) in [4.78, 5) is 58.5. The zero-order valence-corrected chi connectivity index (χ0v) is 28.1. The van der Waals surface area contributed by atoms with Gasteiger partial charge in [-0.2, -0.15) is 0 Å². The minimum atomic E-state index is -1.39. The molecule has 1 saturated heterocycles. The van der Waals surface area contributed by atoms with Gasteiger partial charge in [-0.15, -0.1) is 5.06 Å². The number of halogens is 2. The molecule has 2 amide bonds. The minimum Gasteiger partial charge on any atom is -0.478 e. The molecule has 0 unspecified atom stereocenters. The Morgan fingerprint density at radius 1 is 0.837 bits per heavy atom. The average molecular weight is 702 g/mol. The first-order valence-electron chi connectivity index (χ1n) is 17.0. The molecule has 9 rings (SSSR count). The number of carbonyl (C=O) groups excluding carboxylic acids is 3. The van der Waals surface area contributed by atoms with Gasteiger partial charge in [0.25, 0.3) is 11.8 Å². The Hall–Kier alpha value is -4.41. The van der Waals surface area contributed by atoms with Crippen LogP contribution in [-0.2, 0) is 40.1 Å². The number of aromatic carboxylic acids is 1. The van der Waals surface area contributed by atoms with Crippen molar-refractivity contribution in [3.05, 3.63) is 83.3 Å². The van der Waals surface area contributed by atoms with Crippen molar-refractivity contribution < 1.29 is 33.9 Å². The number of rotatable bonds is 4. The molecular weight excluding hydrogens is 669 g/mol. The third-order valence-electron chi connectivity index (χ3n) is 10.8. The summed E-state index contributed by atoms with van der Waals surface area (Å²) in [6.07, 6.45) is 7.22. The van der Waals surface area contributed by atoms with E-state index < -0.39 is 28.8 Å². The van der Waals surface area contributed by atoms with Gasteiger partial charge < -0.3 is 19.6 Å². The molecular formula is C37H32Cl2N3O7+. The fraction of sp³-hybridized carbons (Fsp3) is 0.378. The number of hydroxylamine groups is 2. The highest BCUT2D eigenvalue weighted by Gasteiger charge is 2.39. The van der Waals surface area contributed by atoms with Crippen molar-refractivity contribution in [1.82, 2.24) is 9.64 Å². The van der Waals surface area contributed by atoms with Crippen LogP contribution in [0.1, 0.15) is 92.6 Å². The van der Waals surface area contributed by atoms with Crippen molar-refractivity contribution in [3.63, 3.8) is 0 Å². The molecule has 0 saturated carbocycles. The van der Waals surface area contributed by atoms with Crippen LogP contribution in [0.5, 0.6) is 11.5 Å². The van der Waals surface area contributed by atoms with Crippen LogP contribution in [0.15, 0.2) is 18.2 Å². The Labute approximate surface area is 291 Å². The number of benzene rings is 3. The molecule has 49 heavy (non-hydrogen) atoms. The fourth-order valence-corrected chi connectivity index (χ4v) is 9.40. The van der Waals surface area contributed by atoms with Crippen LogP contribution in [-0.4, -0.2) is 60.1 Å². The van der Waals surface area contributed by atoms with Gasteiger partial charge in [-0.25, -0.2) is 14.2 Å². The molecule has 6 heterocycles. The number of carboxylic acid groups (broad SMARTS) is 1. The van der Waals surface area contributed by atoms with Crippen molar-refractivity contribution in [2.45, 2.75) is 64.2 Å². The van der Waals surface area contributed by atoms with Gasteiger partial charge in [0.1, 0.15) is 24.6 Å². The molecule has 3 aromatic carbocycles. The number of anilines is 1. The number of carboxylic acids is 1. The Morgan fingerprint density at radius 2 is 1.53 bits per heavy atom. The van der Waals surface area contributed by atoms with Gasteiger partial charge in [-0.3, -0.25) is 9.59 Å². The lowest BCUT2D eigenvalue weighted by Gasteiger charge is -2.39. The second-order valence-electron chi connectivity index (χ2n) is 13.6. The predicted molar refractivity (Wildman–Crippen MR) is 180 cm³/mol. The average Bonchev–Trinajstić information content (AvgIpc) is 3.41. The topological polar surface area (TPSA) is 116 Å². The summed E-state index contributed by atoms with van der Waals surface area (Å²) in [6, 6.07) is 5.53. The van der Waals surface area contributed by atoms with Gasteiger partial charge >= 0.3 is 11.9 Å². The molecule has 0 aliphatic carbocycles. The summed E-state index contributed by atoms with van der Waals surface area (Å²) >= 11 is 13.9. The molecule has 6 aliphatic heterocycles. The van der Waals surface area contributed by atoms with Gasteiger partial charge in [0, 0.05) is 77.5 Å². The molecule has 0 atom stereocenters. The molecule has 0 aromatic heterocycles. The molecule has 0 spiro atoms. The van der Waals surface area contributed by atoms with E-state index in [0.717, 1.165) is 111 Å². The Balaban J connectivity index is 1.35. The summed E-state index contributed by atoms with van der Waals surface area (Å²) in [6.45, 7) is 3.93. The summed E-state index contributed by atoms with van der Waals surface area (Å²) in [5.74, 6) is -2.44. The van der Waals surface area contributed by atoms with Gasteiger partial charge in [-0.05, 0) is 62.3 Å². The third kappa shape index (κ3) is 4.56. The van der Waals surface area contributed by atoms with Crippen LogP contribution >= 0.6 is 23.2 Å². The van der Waals surface area contributed by atoms with Crippen molar-refractivity contribution in [3.8, 4) is 11.5 Å². The summed E-state index contributed by atoms with van der Waals surface area (Å²) in [7, 11) is 0. The number of nitrogens with zero attached hydrogens (tertiary/aromatic N) is 3. The van der Waals surface area contributed by atoms with E-state index in [0.29, 0.717) is 10.6 Å². The Bertz CT molecular complexity index is 2210. The molecule has 0 radical (unpaired) electrons. The van der Waals surface area contributed by atoms with Crippen LogP contribution in [0.4, 0.5) is 5.69 Å². The zero-order valence-electron chi connectivity index (χ0n) is 26.6. The van der Waals surface area contributed by atoms with Crippen molar-refractivity contribution in [2.24, 2.45) is 0 Å². The molecule has 1 N–H and O–H groups in total. The minimum absolute atomic E-state index is 0.0254. The van der Waals surface area contributed by atoms with Gasteiger partial charge in [0.2, 0.25) is 5.36 Å². The first-order chi connectivity index (χ1) is 23.7. The molecule has 250 valence electrons. The number of imide groups is 1. The lowest BCUT2D eigenvalue weighted by atomic mass is 9.81. The van der Waals surface area contributed by atoms with Crippen LogP contribution in [0.2, 0.25) is 10.0 Å². The van der Waals surface area contributed by atoms with Crippen molar-refractivity contribution >= 4 is 58.2 Å². The summed E-state index contributed by atoms with van der Waals surface area (Å²) in [5, 5.41) is 12.7. The van der Waals surface area contributed by atoms with Crippen LogP contribution in [0, 0.1) is 0 Å². The highest BCUT2D eigenvalue weighted by atomic mass is 35.5. The largest absolute Gasteiger partial charge is 0.478 e. The van der Waals surface area contributed by atoms with E-state index in [9.17, 15) is 24.3 Å². The van der Waals surface area contributed by atoms with Gasteiger partial charge in [0.15, 0.2) is 0 Å². The monoisotopic (exact) mass is 700 g/mol. The SMILES string of the molecule is O=C(ON1C(=O)CCC1=O)c1cc(Cl)c(C2=c3cc4c5c(c3Oc3c2cc2c6c3CCCN6CCC2)CCC[N+]=5CCC4)c(C(=O)O)c1Cl. The zero-order chi connectivity index (χ0) is 33.7. The second-order valence-corrected chi connectivity index (χ2v) is 14.4. The van der Waals surface area contributed by atoms with E-state index in [1.54, 1.807) is 0 Å². The Morgan fingerprint density at radius 3 is 2.29 bits per heavy atom. The van der Waals surface area contributed by atoms with E-state index in [-0.39, 0.29) is 34.6 Å². The second kappa shape index (κ2) is 11.3. The van der Waals surface area contributed by atoms with Crippen LogP contribution in [0.3, 0.4) is 0 Å². The fourth-order valence-electron chi connectivity index (χ4n) is 8.79. The maximum atomic E-state index is 13.3. The molecule has 0 bridgehead atoms. The highest BCUT2D eigenvalue weighted by Crippen LogP contribution is 2.50. The number of fused-ring (bicyclic) bond motifs is 4. The number of carbonyl (C=O) groups is 4. The molecule has 10 nitrogen and oxygen atoms in total. The van der Waals surface area contributed by atoms with E-state index in [1.807, 2.05) is 0 Å². The number of aryl methyl sites for hydroxylation is 2. The van der Waals surface area contributed by atoms with E-state index in [1.165, 1.54) is 28.2 Å². The standard InChI is InChI=1S/C37H31Cl2N3O7/c38-25-17-24(37(47)49-42-26(43)9-10-27(42)44)31(39)30(36(45)46)29(25)28-22-15-18-5-1-11-40-13-3-7-20(32(18)40)34(22)48-35-21-8-4-14-41-12-2-6-19(33(21)41)16-23(28)35/h15-17H,1-14H2/p+1. The van der Waals surface area contributed by atoms with E-state index in [4.69, 9.17) is 32.8 Å². The maximum absolute atomic E-state index is 13.3.